The molecule has 0 aromatic heterocycles. The van der Waals surface area contributed by atoms with Gasteiger partial charge in [-0.15, -0.1) is 6.58 Å². The van der Waals surface area contributed by atoms with Crippen LogP contribution in [0.4, 0.5) is 5.69 Å². The number of halogens is 1. The molecule has 1 aliphatic carbocycles. The fraction of sp³-hybridized carbons (Fsp3) is 0.529. The first-order chi connectivity index (χ1) is 19.5. The van der Waals surface area contributed by atoms with Gasteiger partial charge in [0, 0.05) is 29.9 Å². The predicted octanol–water partition coefficient (Wildman–Crippen LogP) is 7.55. The number of unbranched alkanes of at least 4 members (excludes halogenated alkanes) is 2. The van der Waals surface area contributed by atoms with Crippen molar-refractivity contribution in [1.29, 1.82) is 0 Å². The lowest BCUT2D eigenvalue weighted by molar-refractivity contribution is -0.157. The number of benzene rings is 2. The molecule has 0 saturated carbocycles. The Morgan fingerprint density at radius 1 is 1.20 bits per heavy atom. The van der Waals surface area contributed by atoms with Crippen molar-refractivity contribution in [2.75, 3.05) is 31.7 Å². The second kappa shape index (κ2) is 13.3. The van der Waals surface area contributed by atoms with E-state index in [0.717, 1.165) is 73.6 Å². The molecule has 1 spiro atoms. The van der Waals surface area contributed by atoms with E-state index >= 15 is 0 Å². The van der Waals surface area contributed by atoms with Crippen LogP contribution in [0, 0.1) is 0 Å². The summed E-state index contributed by atoms with van der Waals surface area (Å²) < 4.78 is 17.3. The third-order valence-electron chi connectivity index (χ3n) is 8.11. The van der Waals surface area contributed by atoms with Gasteiger partial charge in [-0.2, -0.15) is 0 Å². The van der Waals surface area contributed by atoms with Crippen molar-refractivity contribution in [3.63, 3.8) is 0 Å². The number of ether oxygens (including phenoxy) is 3. The number of carbonyl (C=O) groups is 2. The van der Waals surface area contributed by atoms with Crippen molar-refractivity contribution in [3.8, 4) is 5.75 Å². The monoisotopic (exact) mass is 581 g/mol. The fourth-order valence-electron chi connectivity index (χ4n) is 6.13. The van der Waals surface area contributed by atoms with E-state index < -0.39 is 11.5 Å². The Labute approximate surface area is 250 Å². The second-order valence-electron chi connectivity index (χ2n) is 12.4. The number of carbonyl (C=O) groups excluding carboxylic acids is 2. The van der Waals surface area contributed by atoms with Gasteiger partial charge in [0.15, 0.2) is 0 Å². The maximum absolute atomic E-state index is 13.4. The Kier molecular flexibility index (Phi) is 10.1. The highest BCUT2D eigenvalue weighted by Crippen LogP contribution is 2.45. The van der Waals surface area contributed by atoms with Gasteiger partial charge in [0.1, 0.15) is 11.4 Å². The smallest absolute Gasteiger partial charge is 0.313 e. The van der Waals surface area contributed by atoms with Crippen molar-refractivity contribution in [2.45, 2.75) is 89.1 Å². The van der Waals surface area contributed by atoms with Crippen LogP contribution in [0.15, 0.2) is 49.1 Å². The molecule has 1 aliphatic heterocycles. The molecular formula is C34H44ClNO5. The third-order valence-corrected chi connectivity index (χ3v) is 8.34. The number of methoxy groups -OCH3 is 1. The van der Waals surface area contributed by atoms with Gasteiger partial charge in [-0.3, -0.25) is 9.59 Å². The minimum atomic E-state index is -0.643. The quantitative estimate of drug-likeness (QED) is 0.164. The van der Waals surface area contributed by atoms with E-state index in [1.54, 1.807) is 0 Å². The Bertz CT molecular complexity index is 1250. The molecule has 0 N–H and O–H groups in total. The first-order valence-corrected chi connectivity index (χ1v) is 15.1. The van der Waals surface area contributed by atoms with Crippen LogP contribution in [0.1, 0.15) is 88.3 Å². The van der Waals surface area contributed by atoms with Crippen molar-refractivity contribution in [2.24, 2.45) is 0 Å². The summed E-state index contributed by atoms with van der Waals surface area (Å²) in [6.45, 7) is 11.7. The van der Waals surface area contributed by atoms with Crippen LogP contribution in [0.5, 0.6) is 5.75 Å². The number of anilines is 1. The van der Waals surface area contributed by atoms with Crippen LogP contribution < -0.4 is 9.64 Å². The summed E-state index contributed by atoms with van der Waals surface area (Å²) in [7, 11) is 1.36. The van der Waals surface area contributed by atoms with Gasteiger partial charge in [-0.25, -0.2) is 0 Å². The lowest BCUT2D eigenvalue weighted by Crippen LogP contribution is -2.46. The number of aryl methyl sites for hydroxylation is 1. The van der Waals surface area contributed by atoms with Gasteiger partial charge in [-0.05, 0) is 107 Å². The maximum Gasteiger partial charge on any atom is 0.313 e. The molecular weight excluding hydrogens is 538 g/mol. The van der Waals surface area contributed by atoms with Crippen LogP contribution in [0.2, 0.25) is 5.02 Å². The van der Waals surface area contributed by atoms with Gasteiger partial charge >= 0.3 is 11.9 Å². The van der Waals surface area contributed by atoms with Crippen LogP contribution in [0.25, 0.3) is 0 Å². The molecule has 1 heterocycles. The average molecular weight is 582 g/mol. The van der Waals surface area contributed by atoms with Crippen molar-refractivity contribution >= 4 is 29.2 Å². The first-order valence-electron chi connectivity index (χ1n) is 14.8. The minimum absolute atomic E-state index is 0.127. The van der Waals surface area contributed by atoms with E-state index in [0.29, 0.717) is 13.0 Å². The molecule has 2 aromatic rings. The summed E-state index contributed by atoms with van der Waals surface area (Å²) in [4.78, 5) is 27.9. The molecule has 0 radical (unpaired) electrons. The van der Waals surface area contributed by atoms with Gasteiger partial charge < -0.3 is 19.1 Å². The molecule has 2 aromatic carbocycles. The van der Waals surface area contributed by atoms with E-state index in [1.807, 2.05) is 45.0 Å². The summed E-state index contributed by atoms with van der Waals surface area (Å²) in [6, 6.07) is 12.3. The van der Waals surface area contributed by atoms with E-state index in [9.17, 15) is 9.59 Å². The Balaban J connectivity index is 1.72. The molecule has 0 fully saturated rings. The highest BCUT2D eigenvalue weighted by molar-refractivity contribution is 6.30. The Morgan fingerprint density at radius 2 is 2.00 bits per heavy atom. The van der Waals surface area contributed by atoms with Gasteiger partial charge in [0.25, 0.3) is 0 Å². The van der Waals surface area contributed by atoms with Crippen LogP contribution >= 0.6 is 11.6 Å². The number of esters is 2. The van der Waals surface area contributed by atoms with Crippen molar-refractivity contribution in [3.05, 3.63) is 70.8 Å². The summed E-state index contributed by atoms with van der Waals surface area (Å²) >= 11 is 6.39. The summed E-state index contributed by atoms with van der Waals surface area (Å²) in [5, 5.41) is 0.768. The molecule has 0 saturated heterocycles. The number of nitrogens with zero attached hydrogens (tertiary/aromatic N) is 1. The topological polar surface area (TPSA) is 65.1 Å². The third kappa shape index (κ3) is 7.65. The minimum Gasteiger partial charge on any atom is -0.490 e. The lowest BCUT2D eigenvalue weighted by Gasteiger charge is -2.41. The van der Waals surface area contributed by atoms with E-state index in [1.165, 1.54) is 18.2 Å². The number of fused-ring (bicyclic) bond motifs is 3. The fourth-order valence-corrected chi connectivity index (χ4v) is 6.33. The zero-order chi connectivity index (χ0) is 29.6. The lowest BCUT2D eigenvalue weighted by atomic mass is 9.70. The second-order valence-corrected chi connectivity index (χ2v) is 12.8. The average Bonchev–Trinajstić information content (AvgIpc) is 3.07. The molecule has 2 aliphatic rings. The highest BCUT2D eigenvalue weighted by atomic mass is 35.5. The van der Waals surface area contributed by atoms with Crippen LogP contribution in [-0.4, -0.2) is 44.3 Å². The molecule has 7 heteroatoms. The molecule has 222 valence electrons. The zero-order valence-electron chi connectivity index (χ0n) is 25.0. The molecule has 0 amide bonds. The predicted molar refractivity (Wildman–Crippen MR) is 164 cm³/mol. The Morgan fingerprint density at radius 3 is 2.73 bits per heavy atom. The van der Waals surface area contributed by atoms with Gasteiger partial charge in [0.05, 0.1) is 25.3 Å². The van der Waals surface area contributed by atoms with Crippen LogP contribution in [0.3, 0.4) is 0 Å². The number of rotatable bonds is 10. The zero-order valence-corrected chi connectivity index (χ0v) is 25.7. The SMILES string of the molecule is C=CCCCCN1C[C@@]2(CCCc3cc(Cl)ccc32)COc2ccc([C@H](CCC(=O)OC)C(=O)OC(C)(C)C)cc21. The maximum atomic E-state index is 13.4. The standard InChI is InChI=1S/C34H44ClNO5/c1-6-7-8-9-19-36-22-34(18-10-11-25-20-26(35)13-15-28(25)34)23-40-30-16-12-24(21-29(30)36)27(14-17-31(37)39-5)32(38)41-33(2,3)4/h6,12-13,15-16,20-21,27H,1,7-11,14,17-19,22-23H2,2-5H3/t27-,34-/m0/s1. The summed E-state index contributed by atoms with van der Waals surface area (Å²) in [5.41, 5.74) is 3.61. The molecule has 41 heavy (non-hydrogen) atoms. The Hall–Kier alpha value is -2.99. The molecule has 2 atom stereocenters. The molecule has 6 nitrogen and oxygen atoms in total. The van der Waals surface area contributed by atoms with Gasteiger partial charge in [-0.1, -0.05) is 29.8 Å². The normalized spacial score (nSPS) is 18.9. The summed E-state index contributed by atoms with van der Waals surface area (Å²) in [5.74, 6) is -0.483. The molecule has 4 rings (SSSR count). The molecule has 0 unspecified atom stereocenters. The van der Waals surface area contributed by atoms with E-state index in [-0.39, 0.29) is 23.8 Å². The van der Waals surface area contributed by atoms with E-state index in [2.05, 4.69) is 29.7 Å². The number of hydrogen-bond donors (Lipinski definition) is 0. The van der Waals surface area contributed by atoms with Gasteiger partial charge in [0.2, 0.25) is 0 Å². The van der Waals surface area contributed by atoms with Crippen LogP contribution in [-0.2, 0) is 30.9 Å². The van der Waals surface area contributed by atoms with Crippen molar-refractivity contribution < 1.29 is 23.8 Å². The first kappa shape index (κ1) is 31.0. The molecule has 0 bridgehead atoms. The van der Waals surface area contributed by atoms with E-state index in [4.69, 9.17) is 25.8 Å². The number of hydrogen-bond acceptors (Lipinski definition) is 6. The number of allylic oxidation sites excluding steroid dienone is 1. The largest absolute Gasteiger partial charge is 0.490 e. The highest BCUT2D eigenvalue weighted by Gasteiger charge is 2.42. The van der Waals surface area contributed by atoms with Crippen molar-refractivity contribution in [1.82, 2.24) is 0 Å². The summed E-state index contributed by atoms with van der Waals surface area (Å²) in [6.07, 6.45) is 8.56.